The molecule has 0 aliphatic rings. The number of aryl methyl sites for hydroxylation is 2. The molecule has 0 unspecified atom stereocenters. The Morgan fingerprint density at radius 1 is 1.22 bits per heavy atom. The predicted octanol–water partition coefficient (Wildman–Crippen LogP) is 4.55. The second kappa shape index (κ2) is 6.05. The van der Waals surface area contributed by atoms with E-state index in [1.165, 1.54) is 22.4 Å². The van der Waals surface area contributed by atoms with E-state index in [9.17, 15) is 0 Å². The minimum absolute atomic E-state index is 0.993. The van der Waals surface area contributed by atoms with Crippen molar-refractivity contribution in [2.24, 2.45) is 7.05 Å². The van der Waals surface area contributed by atoms with E-state index in [-0.39, 0.29) is 0 Å². The Kier molecular flexibility index (Phi) is 4.43. The highest BCUT2D eigenvalue weighted by Crippen LogP contribution is 2.26. The van der Waals surface area contributed by atoms with E-state index in [0.29, 0.717) is 0 Å². The average Bonchev–Trinajstić information content (AvgIpc) is 2.78. The Labute approximate surface area is 117 Å². The first-order chi connectivity index (χ1) is 8.74. The van der Waals surface area contributed by atoms with Gasteiger partial charge < -0.3 is 4.57 Å². The summed E-state index contributed by atoms with van der Waals surface area (Å²) in [6, 6.07) is 12.8. The lowest BCUT2D eigenvalue weighted by molar-refractivity contribution is 0.908. The molecule has 0 amide bonds. The first kappa shape index (κ1) is 13.2. The first-order valence-corrected chi connectivity index (χ1v) is 7.30. The summed E-state index contributed by atoms with van der Waals surface area (Å²) in [7, 11) is 2.09. The molecule has 0 bridgehead atoms. The van der Waals surface area contributed by atoms with Crippen LogP contribution in [0.5, 0.6) is 0 Å². The van der Waals surface area contributed by atoms with Gasteiger partial charge in [0.2, 0.25) is 0 Å². The molecule has 1 aromatic heterocycles. The van der Waals surface area contributed by atoms with Crippen LogP contribution in [0, 0.1) is 6.92 Å². The van der Waals surface area contributed by atoms with Crippen molar-refractivity contribution >= 4 is 21.5 Å². The normalized spacial score (nSPS) is 11.8. The van der Waals surface area contributed by atoms with Gasteiger partial charge in [-0.15, -0.1) is 0 Å². The molecular weight excluding hydrogens is 286 g/mol. The lowest BCUT2D eigenvalue weighted by Gasteiger charge is -2.12. The van der Waals surface area contributed by atoms with Gasteiger partial charge in [-0.3, -0.25) is 0 Å². The van der Waals surface area contributed by atoms with Gasteiger partial charge in [-0.2, -0.15) is 0 Å². The van der Waals surface area contributed by atoms with Crippen LogP contribution in [-0.4, -0.2) is 9.90 Å². The van der Waals surface area contributed by atoms with Crippen molar-refractivity contribution < 1.29 is 0 Å². The van der Waals surface area contributed by atoms with Gasteiger partial charge in [0.15, 0.2) is 0 Å². The third-order valence-electron chi connectivity index (χ3n) is 3.11. The fourth-order valence-corrected chi connectivity index (χ4v) is 2.40. The molecule has 94 valence electrons. The number of hydrogen-bond acceptors (Lipinski definition) is 0. The molecule has 1 heterocycles. The lowest BCUT2D eigenvalue weighted by Crippen LogP contribution is -1.98. The molecule has 0 atom stereocenters. The maximum absolute atomic E-state index is 3.50. The highest BCUT2D eigenvalue weighted by atomic mass is 79.9. The van der Waals surface area contributed by atoms with E-state index in [4.69, 9.17) is 0 Å². The molecule has 18 heavy (non-hydrogen) atoms. The quantitative estimate of drug-likeness (QED) is 0.730. The standard InChI is InChI=1S/C16H18BrN/c1-13-7-3-4-8-14(13)15(9-5-11-17)16-10-6-12-18(16)2/h3-4,6-10,12H,5,11H2,1-2H3. The van der Waals surface area contributed by atoms with Crippen LogP contribution in [0.3, 0.4) is 0 Å². The summed E-state index contributed by atoms with van der Waals surface area (Å²) in [6.45, 7) is 2.17. The second-order valence-electron chi connectivity index (χ2n) is 4.41. The lowest BCUT2D eigenvalue weighted by atomic mass is 9.97. The number of halogens is 1. The number of allylic oxidation sites excluding steroid dienone is 1. The molecule has 0 saturated heterocycles. The number of rotatable bonds is 4. The van der Waals surface area contributed by atoms with Gasteiger partial charge in [-0.05, 0) is 36.6 Å². The Hall–Kier alpha value is -1.28. The summed E-state index contributed by atoms with van der Waals surface area (Å²) >= 11 is 3.50. The molecule has 0 radical (unpaired) electrons. The van der Waals surface area contributed by atoms with Crippen LogP contribution in [0.15, 0.2) is 48.7 Å². The maximum atomic E-state index is 3.50. The van der Waals surface area contributed by atoms with Crippen molar-refractivity contribution in [3.63, 3.8) is 0 Å². The molecule has 0 aliphatic heterocycles. The van der Waals surface area contributed by atoms with E-state index in [0.717, 1.165) is 11.8 Å². The van der Waals surface area contributed by atoms with Crippen molar-refractivity contribution in [3.8, 4) is 0 Å². The van der Waals surface area contributed by atoms with E-state index >= 15 is 0 Å². The Morgan fingerprint density at radius 2 is 2.00 bits per heavy atom. The third-order valence-corrected chi connectivity index (χ3v) is 3.57. The Balaban J connectivity index is 2.51. The molecule has 2 aromatic rings. The van der Waals surface area contributed by atoms with Gasteiger partial charge in [0, 0.05) is 29.8 Å². The van der Waals surface area contributed by atoms with Crippen LogP contribution >= 0.6 is 15.9 Å². The smallest absolute Gasteiger partial charge is 0.0480 e. The van der Waals surface area contributed by atoms with Crippen molar-refractivity contribution in [1.29, 1.82) is 0 Å². The predicted molar refractivity (Wildman–Crippen MR) is 82.1 cm³/mol. The van der Waals surface area contributed by atoms with E-state index in [2.05, 4.69) is 83.1 Å². The Morgan fingerprint density at radius 3 is 2.61 bits per heavy atom. The zero-order chi connectivity index (χ0) is 13.0. The number of alkyl halides is 1. The van der Waals surface area contributed by atoms with E-state index < -0.39 is 0 Å². The van der Waals surface area contributed by atoms with Gasteiger partial charge in [0.1, 0.15) is 0 Å². The molecule has 1 nitrogen and oxygen atoms in total. The maximum Gasteiger partial charge on any atom is 0.0480 e. The zero-order valence-corrected chi connectivity index (χ0v) is 12.4. The van der Waals surface area contributed by atoms with Gasteiger partial charge in [-0.25, -0.2) is 0 Å². The minimum Gasteiger partial charge on any atom is -0.351 e. The second-order valence-corrected chi connectivity index (χ2v) is 5.21. The largest absolute Gasteiger partial charge is 0.351 e. The molecule has 0 fully saturated rings. The van der Waals surface area contributed by atoms with Crippen LogP contribution in [0.25, 0.3) is 5.57 Å². The van der Waals surface area contributed by atoms with Gasteiger partial charge in [0.25, 0.3) is 0 Å². The van der Waals surface area contributed by atoms with Gasteiger partial charge in [-0.1, -0.05) is 46.3 Å². The number of aromatic nitrogens is 1. The summed E-state index contributed by atoms with van der Waals surface area (Å²) < 4.78 is 2.17. The SMILES string of the molecule is Cc1ccccc1C(=CCCBr)c1cccn1C. The summed E-state index contributed by atoms with van der Waals surface area (Å²) in [5.41, 5.74) is 5.23. The zero-order valence-electron chi connectivity index (χ0n) is 10.9. The van der Waals surface area contributed by atoms with E-state index in [1.807, 2.05) is 0 Å². The van der Waals surface area contributed by atoms with Crippen LogP contribution in [0.4, 0.5) is 0 Å². The Bertz CT molecular complexity index is 552. The van der Waals surface area contributed by atoms with Crippen LogP contribution in [0.2, 0.25) is 0 Å². The highest BCUT2D eigenvalue weighted by molar-refractivity contribution is 9.09. The van der Waals surface area contributed by atoms with Crippen molar-refractivity contribution in [2.45, 2.75) is 13.3 Å². The highest BCUT2D eigenvalue weighted by Gasteiger charge is 2.09. The number of nitrogens with zero attached hydrogens (tertiary/aromatic N) is 1. The van der Waals surface area contributed by atoms with E-state index in [1.54, 1.807) is 0 Å². The molecule has 2 rings (SSSR count). The fraction of sp³-hybridized carbons (Fsp3) is 0.250. The number of hydrogen-bond donors (Lipinski definition) is 0. The van der Waals surface area contributed by atoms with Crippen molar-refractivity contribution in [2.75, 3.05) is 5.33 Å². The van der Waals surface area contributed by atoms with Crippen LogP contribution < -0.4 is 0 Å². The monoisotopic (exact) mass is 303 g/mol. The van der Waals surface area contributed by atoms with Crippen LogP contribution in [0.1, 0.15) is 23.2 Å². The summed E-state index contributed by atoms with van der Waals surface area (Å²) in [4.78, 5) is 0. The van der Waals surface area contributed by atoms with Crippen molar-refractivity contribution in [1.82, 2.24) is 4.57 Å². The summed E-state index contributed by atoms with van der Waals surface area (Å²) in [5, 5.41) is 0.993. The molecule has 0 spiro atoms. The molecule has 0 saturated carbocycles. The van der Waals surface area contributed by atoms with Gasteiger partial charge >= 0.3 is 0 Å². The van der Waals surface area contributed by atoms with Gasteiger partial charge in [0.05, 0.1) is 0 Å². The topological polar surface area (TPSA) is 4.93 Å². The molecular formula is C16H18BrN. The molecule has 0 aliphatic carbocycles. The fourth-order valence-electron chi connectivity index (χ4n) is 2.17. The average molecular weight is 304 g/mol. The molecule has 1 aromatic carbocycles. The van der Waals surface area contributed by atoms with Crippen molar-refractivity contribution in [3.05, 3.63) is 65.5 Å². The molecule has 0 N–H and O–H groups in total. The first-order valence-electron chi connectivity index (χ1n) is 6.18. The number of benzene rings is 1. The molecule has 2 heteroatoms. The minimum atomic E-state index is 0.993. The van der Waals surface area contributed by atoms with Crippen LogP contribution in [-0.2, 0) is 7.05 Å². The third kappa shape index (κ3) is 2.75. The summed E-state index contributed by atoms with van der Waals surface area (Å²) in [5.74, 6) is 0. The summed E-state index contributed by atoms with van der Waals surface area (Å²) in [6.07, 6.45) is 5.44.